The minimum atomic E-state index is 0.229. The molecule has 1 aliphatic rings. The Morgan fingerprint density at radius 1 is 1.17 bits per heavy atom. The maximum absolute atomic E-state index is 12.3. The maximum Gasteiger partial charge on any atom is 0.224 e. The summed E-state index contributed by atoms with van der Waals surface area (Å²) in [5, 5.41) is 0.766. The summed E-state index contributed by atoms with van der Waals surface area (Å²) in [5.41, 5.74) is 2.24. The molecule has 1 fully saturated rings. The summed E-state index contributed by atoms with van der Waals surface area (Å²) >= 11 is 5.92. The van der Waals surface area contributed by atoms with E-state index in [1.165, 1.54) is 5.56 Å². The first-order valence-electron chi connectivity index (χ1n) is 8.33. The average molecular weight is 347 g/mol. The number of piperazine rings is 1. The van der Waals surface area contributed by atoms with Gasteiger partial charge in [-0.2, -0.15) is 0 Å². The van der Waals surface area contributed by atoms with E-state index in [1.54, 1.807) is 6.33 Å². The number of rotatable bonds is 5. The number of aromatic nitrogens is 2. The van der Waals surface area contributed by atoms with Gasteiger partial charge < -0.3 is 9.47 Å². The second-order valence-corrected chi connectivity index (χ2v) is 6.72. The molecule has 1 saturated heterocycles. The molecule has 0 spiro atoms. The zero-order valence-electron chi connectivity index (χ0n) is 14.0. The maximum atomic E-state index is 12.3. The molecule has 24 heavy (non-hydrogen) atoms. The Morgan fingerprint density at radius 3 is 2.50 bits per heavy atom. The topological polar surface area (TPSA) is 41.4 Å². The Labute approximate surface area is 147 Å². The van der Waals surface area contributed by atoms with Gasteiger partial charge in [0.25, 0.3) is 0 Å². The summed E-state index contributed by atoms with van der Waals surface area (Å²) in [5.74, 6) is 0.229. The highest BCUT2D eigenvalue weighted by molar-refractivity contribution is 6.30. The molecule has 5 nitrogen and oxygen atoms in total. The molecule has 0 aliphatic carbocycles. The van der Waals surface area contributed by atoms with Crippen molar-refractivity contribution >= 4 is 17.5 Å². The number of imidazole rings is 1. The summed E-state index contributed by atoms with van der Waals surface area (Å²) in [6.07, 6.45) is 4.29. The predicted octanol–water partition coefficient (Wildman–Crippen LogP) is 2.58. The first kappa shape index (κ1) is 17.0. The van der Waals surface area contributed by atoms with Gasteiger partial charge in [0.05, 0.1) is 12.0 Å². The molecule has 1 aromatic carbocycles. The lowest BCUT2D eigenvalue weighted by Crippen LogP contribution is -2.48. The molecule has 2 aromatic rings. The van der Waals surface area contributed by atoms with Crippen LogP contribution in [0.3, 0.4) is 0 Å². The quantitative estimate of drug-likeness (QED) is 0.835. The van der Waals surface area contributed by atoms with E-state index in [-0.39, 0.29) is 5.91 Å². The molecule has 3 rings (SSSR count). The fourth-order valence-corrected chi connectivity index (χ4v) is 3.11. The monoisotopic (exact) mass is 346 g/mol. The van der Waals surface area contributed by atoms with Crippen molar-refractivity contribution in [2.24, 2.45) is 0 Å². The zero-order valence-corrected chi connectivity index (χ0v) is 14.7. The van der Waals surface area contributed by atoms with Gasteiger partial charge in [-0.05, 0) is 24.6 Å². The molecular formula is C18H23ClN4O. The van der Waals surface area contributed by atoms with Gasteiger partial charge >= 0.3 is 0 Å². The van der Waals surface area contributed by atoms with Crippen molar-refractivity contribution in [3.8, 4) is 0 Å². The van der Waals surface area contributed by atoms with Gasteiger partial charge in [-0.15, -0.1) is 0 Å². The van der Waals surface area contributed by atoms with Gasteiger partial charge in [0.15, 0.2) is 0 Å². The fraction of sp³-hybridized carbons (Fsp3) is 0.444. The van der Waals surface area contributed by atoms with E-state index in [2.05, 4.69) is 22.0 Å². The van der Waals surface area contributed by atoms with E-state index in [0.717, 1.165) is 43.4 Å². The lowest BCUT2D eigenvalue weighted by molar-refractivity contribution is -0.133. The van der Waals surface area contributed by atoms with Gasteiger partial charge in [0.1, 0.15) is 0 Å². The number of hydrogen-bond donors (Lipinski definition) is 0. The number of nitrogens with zero attached hydrogens (tertiary/aromatic N) is 4. The van der Waals surface area contributed by atoms with Crippen LogP contribution in [-0.2, 0) is 17.9 Å². The van der Waals surface area contributed by atoms with E-state index in [0.29, 0.717) is 13.0 Å². The van der Waals surface area contributed by atoms with Crippen molar-refractivity contribution in [1.82, 2.24) is 19.4 Å². The second-order valence-electron chi connectivity index (χ2n) is 6.29. The summed E-state index contributed by atoms with van der Waals surface area (Å²) in [6, 6.07) is 7.98. The first-order chi connectivity index (χ1) is 11.6. The predicted molar refractivity (Wildman–Crippen MR) is 94.9 cm³/mol. The molecular weight excluding hydrogens is 324 g/mol. The average Bonchev–Trinajstić information content (AvgIpc) is 3.01. The summed E-state index contributed by atoms with van der Waals surface area (Å²) in [6.45, 7) is 7.00. The van der Waals surface area contributed by atoms with Gasteiger partial charge in [-0.3, -0.25) is 9.69 Å². The van der Waals surface area contributed by atoms with Crippen LogP contribution in [0.5, 0.6) is 0 Å². The Morgan fingerprint density at radius 2 is 1.88 bits per heavy atom. The van der Waals surface area contributed by atoms with Gasteiger partial charge in [-0.25, -0.2) is 4.98 Å². The molecule has 128 valence electrons. The van der Waals surface area contributed by atoms with Crippen LogP contribution in [0.2, 0.25) is 5.02 Å². The Hall–Kier alpha value is -1.85. The zero-order chi connectivity index (χ0) is 16.9. The van der Waals surface area contributed by atoms with Crippen molar-refractivity contribution in [3.05, 3.63) is 53.1 Å². The van der Waals surface area contributed by atoms with Crippen molar-refractivity contribution in [3.63, 3.8) is 0 Å². The van der Waals surface area contributed by atoms with Crippen LogP contribution in [-0.4, -0.2) is 51.4 Å². The summed E-state index contributed by atoms with van der Waals surface area (Å²) in [7, 11) is 0. The van der Waals surface area contributed by atoms with Crippen LogP contribution in [0.1, 0.15) is 17.7 Å². The third kappa shape index (κ3) is 4.58. The van der Waals surface area contributed by atoms with Crippen LogP contribution in [0.4, 0.5) is 0 Å². The Kier molecular flexibility index (Phi) is 5.53. The third-order valence-corrected chi connectivity index (χ3v) is 4.64. The van der Waals surface area contributed by atoms with Crippen LogP contribution < -0.4 is 0 Å². The third-order valence-electron chi connectivity index (χ3n) is 4.39. The number of aryl methyl sites for hydroxylation is 2. The number of benzene rings is 1. The minimum Gasteiger partial charge on any atom is -0.340 e. The van der Waals surface area contributed by atoms with Crippen molar-refractivity contribution in [2.45, 2.75) is 26.4 Å². The van der Waals surface area contributed by atoms with Crippen LogP contribution in [0.15, 0.2) is 36.8 Å². The molecule has 0 bridgehead atoms. The number of carbonyl (C=O) groups is 1. The number of halogens is 1. The molecule has 6 heteroatoms. The van der Waals surface area contributed by atoms with E-state index in [4.69, 9.17) is 11.6 Å². The Balaban J connectivity index is 1.42. The minimum absolute atomic E-state index is 0.229. The molecule has 1 amide bonds. The normalized spacial score (nSPS) is 15.7. The standard InChI is InChI=1S/C18H23ClN4O/c1-15-12-22(14-20-15)7-6-18(24)23-10-8-21(9-11-23)13-16-2-4-17(19)5-3-16/h2-5,12,14H,6-11,13H2,1H3. The van der Waals surface area contributed by atoms with Gasteiger partial charge in [-0.1, -0.05) is 23.7 Å². The number of amides is 1. The van der Waals surface area contributed by atoms with Gasteiger partial charge in [0, 0.05) is 56.9 Å². The lowest BCUT2D eigenvalue weighted by atomic mass is 10.2. The molecule has 2 heterocycles. The van der Waals surface area contributed by atoms with Crippen molar-refractivity contribution in [1.29, 1.82) is 0 Å². The fourth-order valence-electron chi connectivity index (χ4n) is 2.98. The van der Waals surface area contributed by atoms with E-state index < -0.39 is 0 Å². The molecule has 0 radical (unpaired) electrons. The van der Waals surface area contributed by atoms with E-state index in [1.807, 2.05) is 34.7 Å². The SMILES string of the molecule is Cc1cn(CCC(=O)N2CCN(Cc3ccc(Cl)cc3)CC2)cn1. The van der Waals surface area contributed by atoms with Gasteiger partial charge in [0.2, 0.25) is 5.91 Å². The molecule has 0 saturated carbocycles. The molecule has 1 aromatic heterocycles. The van der Waals surface area contributed by atoms with Crippen LogP contribution in [0.25, 0.3) is 0 Å². The van der Waals surface area contributed by atoms with Crippen molar-refractivity contribution in [2.75, 3.05) is 26.2 Å². The van der Waals surface area contributed by atoms with Crippen molar-refractivity contribution < 1.29 is 4.79 Å². The molecule has 0 unspecified atom stereocenters. The second kappa shape index (κ2) is 7.81. The Bertz CT molecular complexity index is 675. The highest BCUT2D eigenvalue weighted by Gasteiger charge is 2.20. The van der Waals surface area contributed by atoms with Crippen LogP contribution in [0, 0.1) is 6.92 Å². The largest absolute Gasteiger partial charge is 0.340 e. The molecule has 0 N–H and O–H groups in total. The van der Waals surface area contributed by atoms with E-state index >= 15 is 0 Å². The smallest absolute Gasteiger partial charge is 0.224 e. The molecule has 0 atom stereocenters. The highest BCUT2D eigenvalue weighted by Crippen LogP contribution is 2.13. The first-order valence-corrected chi connectivity index (χ1v) is 8.71. The summed E-state index contributed by atoms with van der Waals surface area (Å²) in [4.78, 5) is 20.9. The van der Waals surface area contributed by atoms with Crippen LogP contribution >= 0.6 is 11.6 Å². The molecule has 1 aliphatic heterocycles. The summed E-state index contributed by atoms with van der Waals surface area (Å²) < 4.78 is 1.98. The van der Waals surface area contributed by atoms with E-state index in [9.17, 15) is 4.79 Å². The number of carbonyl (C=O) groups excluding carboxylic acids is 1. The highest BCUT2D eigenvalue weighted by atomic mass is 35.5. The lowest BCUT2D eigenvalue weighted by Gasteiger charge is -2.34. The number of hydrogen-bond acceptors (Lipinski definition) is 3.